The molecule has 1 rings (SSSR count). The summed E-state index contributed by atoms with van der Waals surface area (Å²) in [5.74, 6) is -0.164. The number of carbonyl (C=O) groups excluding carboxylic acids is 1. The van der Waals surface area contributed by atoms with Crippen LogP contribution in [0.3, 0.4) is 0 Å². The average molecular weight is 263 g/mol. The van der Waals surface area contributed by atoms with Crippen LogP contribution in [0.4, 0.5) is 0 Å². The lowest BCUT2D eigenvalue weighted by Gasteiger charge is -2.21. The molecule has 0 saturated heterocycles. The zero-order valence-electron chi connectivity index (χ0n) is 12.6. The lowest BCUT2D eigenvalue weighted by Crippen LogP contribution is -2.38. The van der Waals surface area contributed by atoms with Gasteiger partial charge in [0.05, 0.1) is 13.5 Å². The van der Waals surface area contributed by atoms with Crippen molar-refractivity contribution < 1.29 is 9.53 Å². The van der Waals surface area contributed by atoms with Gasteiger partial charge < -0.3 is 10.1 Å². The summed E-state index contributed by atoms with van der Waals surface area (Å²) in [6.07, 6.45) is 1.25. The van der Waals surface area contributed by atoms with Gasteiger partial charge in [-0.2, -0.15) is 0 Å². The molecule has 0 aromatic heterocycles. The predicted molar refractivity (Wildman–Crippen MR) is 78.3 cm³/mol. The second-order valence-electron chi connectivity index (χ2n) is 5.43. The van der Waals surface area contributed by atoms with Gasteiger partial charge in [-0.3, -0.25) is 4.79 Å². The molecule has 0 bridgehead atoms. The first-order valence-electron chi connectivity index (χ1n) is 6.81. The second-order valence-corrected chi connectivity index (χ2v) is 5.43. The molecule has 1 N–H and O–H groups in total. The van der Waals surface area contributed by atoms with Crippen LogP contribution in [0.25, 0.3) is 0 Å². The van der Waals surface area contributed by atoms with E-state index in [0.29, 0.717) is 12.5 Å². The quantitative estimate of drug-likeness (QED) is 0.802. The van der Waals surface area contributed by atoms with E-state index in [1.807, 2.05) is 0 Å². The summed E-state index contributed by atoms with van der Waals surface area (Å²) in [7, 11) is 1.44. The van der Waals surface area contributed by atoms with Gasteiger partial charge in [-0.25, -0.2) is 0 Å². The molecule has 1 unspecified atom stereocenters. The number of aryl methyl sites for hydroxylation is 2. The van der Waals surface area contributed by atoms with Crippen LogP contribution in [0, 0.1) is 13.8 Å². The number of esters is 1. The van der Waals surface area contributed by atoms with Crippen molar-refractivity contribution in [2.24, 2.45) is 0 Å². The van der Waals surface area contributed by atoms with Gasteiger partial charge in [-0.05, 0) is 31.4 Å². The zero-order chi connectivity index (χ0) is 14.4. The Hall–Kier alpha value is -1.35. The second kappa shape index (κ2) is 7.29. The van der Waals surface area contributed by atoms with Crippen molar-refractivity contribution in [3.63, 3.8) is 0 Å². The molecule has 1 aromatic rings. The highest BCUT2D eigenvalue weighted by atomic mass is 16.5. The van der Waals surface area contributed by atoms with Gasteiger partial charge >= 0.3 is 5.97 Å². The Balaban J connectivity index is 2.78. The molecule has 106 valence electrons. The van der Waals surface area contributed by atoms with E-state index in [-0.39, 0.29) is 12.0 Å². The van der Waals surface area contributed by atoms with Gasteiger partial charge in [-0.15, -0.1) is 0 Å². The van der Waals surface area contributed by atoms with Gasteiger partial charge in [0.1, 0.15) is 0 Å². The fourth-order valence-electron chi connectivity index (χ4n) is 2.29. The van der Waals surface area contributed by atoms with E-state index in [0.717, 1.165) is 6.42 Å². The summed E-state index contributed by atoms with van der Waals surface area (Å²) in [5.41, 5.74) is 3.83. The third-order valence-corrected chi connectivity index (χ3v) is 3.17. The number of rotatable bonds is 6. The van der Waals surface area contributed by atoms with Crippen molar-refractivity contribution in [2.75, 3.05) is 7.11 Å². The van der Waals surface area contributed by atoms with Gasteiger partial charge in [0.25, 0.3) is 0 Å². The molecule has 3 heteroatoms. The van der Waals surface area contributed by atoms with E-state index in [1.54, 1.807) is 0 Å². The standard InChI is InChI=1S/C16H25NO2/c1-11(2)17-15(10-16(18)19-5)9-14-7-6-12(3)8-13(14)4/h6-8,11,15,17H,9-10H2,1-5H3. The first-order valence-corrected chi connectivity index (χ1v) is 6.81. The molecule has 0 aliphatic rings. The molecule has 0 saturated carbocycles. The summed E-state index contributed by atoms with van der Waals surface area (Å²) in [6.45, 7) is 8.39. The molecule has 0 spiro atoms. The molecule has 3 nitrogen and oxygen atoms in total. The highest BCUT2D eigenvalue weighted by Crippen LogP contribution is 2.14. The molecule has 0 aliphatic heterocycles. The Morgan fingerprint density at radius 3 is 2.53 bits per heavy atom. The summed E-state index contributed by atoms with van der Waals surface area (Å²) in [4.78, 5) is 11.5. The normalized spacial score (nSPS) is 12.5. The van der Waals surface area contributed by atoms with Crippen molar-refractivity contribution in [3.05, 3.63) is 34.9 Å². The van der Waals surface area contributed by atoms with Crippen LogP contribution in [0.5, 0.6) is 0 Å². The summed E-state index contributed by atoms with van der Waals surface area (Å²) in [5, 5.41) is 3.43. The SMILES string of the molecule is COC(=O)CC(Cc1ccc(C)cc1C)NC(C)C. The van der Waals surface area contributed by atoms with Gasteiger partial charge in [0.15, 0.2) is 0 Å². The third kappa shape index (κ3) is 5.43. The minimum atomic E-state index is -0.164. The average Bonchev–Trinajstić information content (AvgIpc) is 2.31. The van der Waals surface area contributed by atoms with Gasteiger partial charge in [0, 0.05) is 12.1 Å². The molecule has 19 heavy (non-hydrogen) atoms. The number of benzene rings is 1. The maximum atomic E-state index is 11.5. The molecule has 1 aromatic carbocycles. The summed E-state index contributed by atoms with van der Waals surface area (Å²) >= 11 is 0. The van der Waals surface area contributed by atoms with E-state index >= 15 is 0 Å². The van der Waals surface area contributed by atoms with Crippen LogP contribution in [0.1, 0.15) is 37.0 Å². The van der Waals surface area contributed by atoms with Crippen LogP contribution < -0.4 is 5.32 Å². The Labute approximate surface area is 116 Å². The van der Waals surface area contributed by atoms with Crippen LogP contribution in [0.15, 0.2) is 18.2 Å². The lowest BCUT2D eigenvalue weighted by molar-refractivity contribution is -0.141. The maximum Gasteiger partial charge on any atom is 0.307 e. The minimum absolute atomic E-state index is 0.119. The minimum Gasteiger partial charge on any atom is -0.469 e. The van der Waals surface area contributed by atoms with Crippen LogP contribution >= 0.6 is 0 Å². The smallest absolute Gasteiger partial charge is 0.307 e. The Morgan fingerprint density at radius 2 is 2.00 bits per heavy atom. The molecule has 0 heterocycles. The molecular weight excluding hydrogens is 238 g/mol. The number of hydrogen-bond donors (Lipinski definition) is 1. The molecule has 0 radical (unpaired) electrons. The lowest BCUT2D eigenvalue weighted by atomic mass is 9.97. The monoisotopic (exact) mass is 263 g/mol. The van der Waals surface area contributed by atoms with Crippen molar-refractivity contribution in [1.82, 2.24) is 5.32 Å². The summed E-state index contributed by atoms with van der Waals surface area (Å²) in [6, 6.07) is 6.92. The first kappa shape index (κ1) is 15.7. The Morgan fingerprint density at radius 1 is 1.32 bits per heavy atom. The maximum absolute atomic E-state index is 11.5. The molecular formula is C16H25NO2. The fourth-order valence-corrected chi connectivity index (χ4v) is 2.29. The van der Waals surface area contributed by atoms with E-state index in [1.165, 1.54) is 23.8 Å². The van der Waals surface area contributed by atoms with E-state index in [9.17, 15) is 4.79 Å². The summed E-state index contributed by atoms with van der Waals surface area (Å²) < 4.78 is 4.77. The van der Waals surface area contributed by atoms with Crippen LogP contribution in [0.2, 0.25) is 0 Å². The number of carbonyl (C=O) groups is 1. The topological polar surface area (TPSA) is 38.3 Å². The highest BCUT2D eigenvalue weighted by molar-refractivity contribution is 5.70. The number of hydrogen-bond acceptors (Lipinski definition) is 3. The number of methoxy groups -OCH3 is 1. The van der Waals surface area contributed by atoms with E-state index in [2.05, 4.69) is 51.2 Å². The predicted octanol–water partition coefficient (Wildman–Crippen LogP) is 2.78. The third-order valence-electron chi connectivity index (χ3n) is 3.17. The molecule has 0 fully saturated rings. The Kier molecular flexibility index (Phi) is 6.03. The number of nitrogens with one attached hydrogen (secondary N) is 1. The van der Waals surface area contributed by atoms with Crippen molar-refractivity contribution in [3.8, 4) is 0 Å². The largest absolute Gasteiger partial charge is 0.469 e. The first-order chi connectivity index (χ1) is 8.92. The van der Waals surface area contributed by atoms with E-state index < -0.39 is 0 Å². The van der Waals surface area contributed by atoms with Crippen molar-refractivity contribution in [2.45, 2.75) is 52.6 Å². The van der Waals surface area contributed by atoms with Crippen LogP contribution in [-0.2, 0) is 16.0 Å². The van der Waals surface area contributed by atoms with Gasteiger partial charge in [0.2, 0.25) is 0 Å². The molecule has 1 atom stereocenters. The number of ether oxygens (including phenoxy) is 1. The van der Waals surface area contributed by atoms with E-state index in [4.69, 9.17) is 4.74 Å². The van der Waals surface area contributed by atoms with Gasteiger partial charge in [-0.1, -0.05) is 37.6 Å². The molecule has 0 amide bonds. The zero-order valence-corrected chi connectivity index (χ0v) is 12.6. The highest BCUT2D eigenvalue weighted by Gasteiger charge is 2.16. The van der Waals surface area contributed by atoms with Crippen molar-refractivity contribution in [1.29, 1.82) is 0 Å². The fraction of sp³-hybridized carbons (Fsp3) is 0.562. The van der Waals surface area contributed by atoms with Crippen LogP contribution in [-0.4, -0.2) is 25.2 Å². The molecule has 0 aliphatic carbocycles. The van der Waals surface area contributed by atoms with Crippen molar-refractivity contribution >= 4 is 5.97 Å². The Bertz CT molecular complexity index is 427.